The fourth-order valence-corrected chi connectivity index (χ4v) is 2.77. The molecular formula is C22H32N2. The summed E-state index contributed by atoms with van der Waals surface area (Å²) in [7, 11) is 0. The lowest BCUT2D eigenvalue weighted by atomic mass is 10.1. The van der Waals surface area contributed by atoms with Crippen LogP contribution in [0.4, 0.5) is 11.4 Å². The maximum Gasteiger partial charge on any atom is 0.0340 e. The van der Waals surface area contributed by atoms with Crippen molar-refractivity contribution in [1.82, 2.24) is 0 Å². The zero-order valence-corrected chi connectivity index (χ0v) is 15.3. The molecule has 0 atom stereocenters. The Morgan fingerprint density at radius 3 is 1.21 bits per heavy atom. The minimum absolute atomic E-state index is 1.08. The van der Waals surface area contributed by atoms with Crippen LogP contribution in [0.15, 0.2) is 48.5 Å². The summed E-state index contributed by atoms with van der Waals surface area (Å²) >= 11 is 0. The third-order valence-corrected chi connectivity index (χ3v) is 4.36. The second-order valence-electron chi connectivity index (χ2n) is 6.71. The molecule has 2 heteroatoms. The van der Waals surface area contributed by atoms with Crippen LogP contribution in [0.5, 0.6) is 0 Å². The average Bonchev–Trinajstić information content (AvgIpc) is 2.60. The topological polar surface area (TPSA) is 24.1 Å². The molecule has 0 spiro atoms. The predicted octanol–water partition coefficient (Wildman–Crippen LogP) is 6.17. The Kier molecular flexibility index (Phi) is 8.23. The molecule has 0 amide bonds. The van der Waals surface area contributed by atoms with Gasteiger partial charge in [0.25, 0.3) is 0 Å². The van der Waals surface area contributed by atoms with Crippen LogP contribution in [0, 0.1) is 13.8 Å². The molecule has 2 rings (SSSR count). The Labute approximate surface area is 147 Å². The zero-order valence-electron chi connectivity index (χ0n) is 15.3. The molecule has 2 N–H and O–H groups in total. The lowest BCUT2D eigenvalue weighted by molar-refractivity contribution is 0.610. The summed E-state index contributed by atoms with van der Waals surface area (Å²) in [5.74, 6) is 0. The Bertz CT molecular complexity index is 504. The lowest BCUT2D eigenvalue weighted by Crippen LogP contribution is -2.02. The molecule has 0 saturated carbocycles. The van der Waals surface area contributed by atoms with Crippen molar-refractivity contribution in [1.29, 1.82) is 0 Å². The van der Waals surface area contributed by atoms with Gasteiger partial charge in [0, 0.05) is 24.5 Å². The molecule has 0 aliphatic heterocycles. The van der Waals surface area contributed by atoms with E-state index in [0.29, 0.717) is 0 Å². The minimum atomic E-state index is 1.08. The van der Waals surface area contributed by atoms with Gasteiger partial charge in [0.05, 0.1) is 0 Å². The van der Waals surface area contributed by atoms with Crippen LogP contribution in [0.2, 0.25) is 0 Å². The number of unbranched alkanes of at least 4 members (excludes halogenated alkanes) is 5. The van der Waals surface area contributed by atoms with Crippen LogP contribution < -0.4 is 10.6 Å². The van der Waals surface area contributed by atoms with E-state index in [1.54, 1.807) is 0 Å². The first-order valence-corrected chi connectivity index (χ1v) is 9.35. The first-order chi connectivity index (χ1) is 11.7. The van der Waals surface area contributed by atoms with Gasteiger partial charge in [0.2, 0.25) is 0 Å². The van der Waals surface area contributed by atoms with Crippen LogP contribution >= 0.6 is 0 Å². The van der Waals surface area contributed by atoms with Crippen molar-refractivity contribution in [2.24, 2.45) is 0 Å². The standard InChI is InChI=1S/C22H32N2/c1-19-9-13-21(14-10-19)23-17-7-5-3-4-6-8-18-24-22-15-11-20(2)12-16-22/h9-16,23-24H,3-8,17-18H2,1-2H3. The van der Waals surface area contributed by atoms with Gasteiger partial charge in [-0.15, -0.1) is 0 Å². The molecule has 130 valence electrons. The second kappa shape index (κ2) is 10.7. The van der Waals surface area contributed by atoms with E-state index in [2.05, 4.69) is 73.0 Å². The van der Waals surface area contributed by atoms with Crippen molar-refractivity contribution >= 4 is 11.4 Å². The third-order valence-electron chi connectivity index (χ3n) is 4.36. The van der Waals surface area contributed by atoms with Crippen molar-refractivity contribution in [3.8, 4) is 0 Å². The van der Waals surface area contributed by atoms with E-state index in [9.17, 15) is 0 Å². The summed E-state index contributed by atoms with van der Waals surface area (Å²) in [6.07, 6.45) is 7.86. The number of rotatable bonds is 11. The van der Waals surface area contributed by atoms with Gasteiger partial charge in [-0.1, -0.05) is 61.1 Å². The molecular weight excluding hydrogens is 292 g/mol. The van der Waals surface area contributed by atoms with Gasteiger partial charge in [-0.3, -0.25) is 0 Å². The molecule has 2 aromatic rings. The summed E-state index contributed by atoms with van der Waals surface area (Å²) in [4.78, 5) is 0. The van der Waals surface area contributed by atoms with E-state index in [0.717, 1.165) is 13.1 Å². The summed E-state index contributed by atoms with van der Waals surface area (Å²) in [6.45, 7) is 6.41. The highest BCUT2D eigenvalue weighted by molar-refractivity contribution is 5.44. The van der Waals surface area contributed by atoms with Gasteiger partial charge >= 0.3 is 0 Å². The number of benzene rings is 2. The number of hydrogen-bond acceptors (Lipinski definition) is 2. The molecule has 0 aliphatic carbocycles. The van der Waals surface area contributed by atoms with E-state index in [1.165, 1.54) is 61.0 Å². The van der Waals surface area contributed by atoms with E-state index in [1.807, 2.05) is 0 Å². The maximum absolute atomic E-state index is 3.50. The third kappa shape index (κ3) is 7.54. The number of anilines is 2. The summed E-state index contributed by atoms with van der Waals surface area (Å²) in [5.41, 5.74) is 5.11. The lowest BCUT2D eigenvalue weighted by Gasteiger charge is -2.08. The SMILES string of the molecule is Cc1ccc(NCCCCCCCCNc2ccc(C)cc2)cc1. The van der Waals surface area contributed by atoms with E-state index >= 15 is 0 Å². The molecule has 2 aromatic carbocycles. The second-order valence-corrected chi connectivity index (χ2v) is 6.71. The van der Waals surface area contributed by atoms with Crippen molar-refractivity contribution in [3.63, 3.8) is 0 Å². The molecule has 2 nitrogen and oxygen atoms in total. The smallest absolute Gasteiger partial charge is 0.0340 e. The van der Waals surface area contributed by atoms with Crippen molar-refractivity contribution in [2.45, 2.75) is 52.4 Å². The summed E-state index contributed by atoms with van der Waals surface area (Å²) < 4.78 is 0. The molecule has 0 aliphatic rings. The monoisotopic (exact) mass is 324 g/mol. The molecule has 0 bridgehead atoms. The van der Waals surface area contributed by atoms with Gasteiger partial charge in [-0.05, 0) is 51.0 Å². The molecule has 24 heavy (non-hydrogen) atoms. The van der Waals surface area contributed by atoms with Crippen LogP contribution in [0.25, 0.3) is 0 Å². The van der Waals surface area contributed by atoms with Crippen molar-refractivity contribution < 1.29 is 0 Å². The fraction of sp³-hybridized carbons (Fsp3) is 0.455. The van der Waals surface area contributed by atoms with Crippen molar-refractivity contribution in [3.05, 3.63) is 59.7 Å². The van der Waals surface area contributed by atoms with E-state index in [4.69, 9.17) is 0 Å². The van der Waals surface area contributed by atoms with Gasteiger partial charge in [-0.25, -0.2) is 0 Å². The average molecular weight is 325 g/mol. The highest BCUT2D eigenvalue weighted by Gasteiger charge is 1.95. The van der Waals surface area contributed by atoms with Gasteiger partial charge < -0.3 is 10.6 Å². The van der Waals surface area contributed by atoms with Crippen LogP contribution in [-0.4, -0.2) is 13.1 Å². The first-order valence-electron chi connectivity index (χ1n) is 9.35. The quantitative estimate of drug-likeness (QED) is 0.483. The van der Waals surface area contributed by atoms with Crippen LogP contribution in [0.1, 0.15) is 49.7 Å². The summed E-state index contributed by atoms with van der Waals surface area (Å²) in [5, 5.41) is 6.99. The van der Waals surface area contributed by atoms with E-state index < -0.39 is 0 Å². The Hall–Kier alpha value is -1.96. The van der Waals surface area contributed by atoms with Gasteiger partial charge in [0.1, 0.15) is 0 Å². The Morgan fingerprint density at radius 1 is 0.500 bits per heavy atom. The largest absolute Gasteiger partial charge is 0.385 e. The Morgan fingerprint density at radius 2 is 0.833 bits per heavy atom. The van der Waals surface area contributed by atoms with Crippen LogP contribution in [-0.2, 0) is 0 Å². The zero-order chi connectivity index (χ0) is 17.0. The normalized spacial score (nSPS) is 10.6. The molecule has 0 fully saturated rings. The van der Waals surface area contributed by atoms with Crippen molar-refractivity contribution in [2.75, 3.05) is 23.7 Å². The number of aryl methyl sites for hydroxylation is 2. The summed E-state index contributed by atoms with van der Waals surface area (Å²) in [6, 6.07) is 17.3. The minimum Gasteiger partial charge on any atom is -0.385 e. The van der Waals surface area contributed by atoms with Gasteiger partial charge in [0.15, 0.2) is 0 Å². The first kappa shape index (κ1) is 18.4. The maximum atomic E-state index is 3.50. The molecule has 0 unspecified atom stereocenters. The van der Waals surface area contributed by atoms with Gasteiger partial charge in [-0.2, -0.15) is 0 Å². The number of hydrogen-bond donors (Lipinski definition) is 2. The molecule has 0 radical (unpaired) electrons. The fourth-order valence-electron chi connectivity index (χ4n) is 2.77. The van der Waals surface area contributed by atoms with Crippen LogP contribution in [0.3, 0.4) is 0 Å². The highest BCUT2D eigenvalue weighted by atomic mass is 14.9. The molecule has 0 aromatic heterocycles. The predicted molar refractivity (Wildman–Crippen MR) is 107 cm³/mol. The number of nitrogens with one attached hydrogen (secondary N) is 2. The molecule has 0 saturated heterocycles. The Balaban J connectivity index is 1.40. The van der Waals surface area contributed by atoms with E-state index in [-0.39, 0.29) is 0 Å². The highest BCUT2D eigenvalue weighted by Crippen LogP contribution is 2.11. The molecule has 0 heterocycles.